The van der Waals surface area contributed by atoms with E-state index in [-0.39, 0.29) is 23.7 Å². The van der Waals surface area contributed by atoms with Crippen molar-refractivity contribution in [1.29, 1.82) is 0 Å². The van der Waals surface area contributed by atoms with Crippen LogP contribution in [0.1, 0.15) is 34.6 Å². The first-order chi connectivity index (χ1) is 12.5. The molecule has 138 valence electrons. The van der Waals surface area contributed by atoms with Crippen LogP contribution in [0.4, 0.5) is 0 Å². The molecule has 1 N–H and O–H groups in total. The second kappa shape index (κ2) is 8.65. The number of imide groups is 1. The number of carbonyl (C=O) groups is 2. The molecule has 4 nitrogen and oxygen atoms in total. The fourth-order valence-corrected chi connectivity index (χ4v) is 3.15. The molecule has 0 saturated carbocycles. The first kappa shape index (κ1) is 19.7. The van der Waals surface area contributed by atoms with Crippen molar-refractivity contribution in [1.82, 2.24) is 9.88 Å². The van der Waals surface area contributed by atoms with Gasteiger partial charge in [-0.15, -0.1) is 0 Å². The highest BCUT2D eigenvalue weighted by Crippen LogP contribution is 2.28. The van der Waals surface area contributed by atoms with Crippen molar-refractivity contribution < 1.29 is 9.59 Å². The van der Waals surface area contributed by atoms with Gasteiger partial charge in [-0.2, -0.15) is 0 Å². The van der Waals surface area contributed by atoms with Crippen LogP contribution in [0.2, 0.25) is 0 Å². The van der Waals surface area contributed by atoms with Crippen molar-refractivity contribution >= 4 is 33.6 Å². The molecule has 2 heterocycles. The average Bonchev–Trinajstić information content (AvgIpc) is 3.13. The molecule has 2 atom stereocenters. The van der Waals surface area contributed by atoms with Crippen molar-refractivity contribution in [2.75, 3.05) is 0 Å². The number of hydrogen-bond acceptors (Lipinski definition) is 2. The van der Waals surface area contributed by atoms with Gasteiger partial charge in [0.2, 0.25) is 11.8 Å². The molecule has 0 spiro atoms. The van der Waals surface area contributed by atoms with E-state index in [4.69, 9.17) is 0 Å². The van der Waals surface area contributed by atoms with Gasteiger partial charge < -0.3 is 4.57 Å². The summed E-state index contributed by atoms with van der Waals surface area (Å²) in [6.45, 7) is 10.7. The normalized spacial score (nSPS) is 18.8. The van der Waals surface area contributed by atoms with Crippen LogP contribution < -0.4 is 5.32 Å². The first-order valence-corrected chi connectivity index (χ1v) is 9.35. The van der Waals surface area contributed by atoms with E-state index < -0.39 is 0 Å². The number of carbonyl (C=O) groups excluding carboxylic acids is 2. The summed E-state index contributed by atoms with van der Waals surface area (Å²) < 4.78 is 2.37. The van der Waals surface area contributed by atoms with Crippen molar-refractivity contribution in [3.8, 4) is 0 Å². The topological polar surface area (TPSA) is 51.1 Å². The number of nitrogens with zero attached hydrogens (tertiary/aromatic N) is 1. The number of amides is 2. The molecule has 26 heavy (non-hydrogen) atoms. The van der Waals surface area contributed by atoms with Crippen LogP contribution in [0.3, 0.4) is 0 Å². The number of benzene rings is 2. The summed E-state index contributed by atoms with van der Waals surface area (Å²) in [5.41, 5.74) is 2.67. The molecular weight excluding hydrogens is 324 g/mol. The number of fused-ring (bicyclic) bond motifs is 3. The van der Waals surface area contributed by atoms with Crippen LogP contribution in [-0.4, -0.2) is 16.4 Å². The molecule has 1 aliphatic rings. The number of para-hydroxylation sites is 2. The van der Waals surface area contributed by atoms with Gasteiger partial charge in [-0.1, -0.05) is 64.1 Å². The maximum absolute atomic E-state index is 10.7. The first-order valence-electron chi connectivity index (χ1n) is 9.35. The van der Waals surface area contributed by atoms with Gasteiger partial charge in [0, 0.05) is 40.2 Å². The minimum Gasteiger partial charge on any atom is -0.341 e. The zero-order valence-electron chi connectivity index (χ0n) is 16.2. The van der Waals surface area contributed by atoms with E-state index in [0.717, 1.165) is 6.54 Å². The van der Waals surface area contributed by atoms with Crippen molar-refractivity contribution in [3.05, 3.63) is 48.5 Å². The Labute approximate surface area is 155 Å². The van der Waals surface area contributed by atoms with Crippen LogP contribution in [0, 0.1) is 11.8 Å². The lowest BCUT2D eigenvalue weighted by molar-refractivity contribution is -0.126. The number of aryl methyl sites for hydroxylation is 1. The minimum absolute atomic E-state index is 0.141. The van der Waals surface area contributed by atoms with E-state index in [1.165, 1.54) is 21.8 Å². The Morgan fingerprint density at radius 2 is 1.19 bits per heavy atom. The highest BCUT2D eigenvalue weighted by Gasteiger charge is 2.34. The van der Waals surface area contributed by atoms with E-state index >= 15 is 0 Å². The van der Waals surface area contributed by atoms with E-state index in [1.807, 2.05) is 13.8 Å². The summed E-state index contributed by atoms with van der Waals surface area (Å²) in [4.78, 5) is 21.3. The molecule has 1 saturated heterocycles. The predicted molar refractivity (Wildman–Crippen MR) is 108 cm³/mol. The summed E-state index contributed by atoms with van der Waals surface area (Å²) in [7, 11) is 0. The molecule has 0 radical (unpaired) electrons. The van der Waals surface area contributed by atoms with Crippen LogP contribution >= 0.6 is 0 Å². The van der Waals surface area contributed by atoms with Gasteiger partial charge in [0.05, 0.1) is 0 Å². The molecular formula is C22H28N2O2. The summed E-state index contributed by atoms with van der Waals surface area (Å²) in [5.74, 6) is -0.574. The SMILES string of the molecule is CC.CC1C(=O)NC(=O)C1C.CCn1c2ccccc2c2ccccc21. The number of hydrogen-bond donors (Lipinski definition) is 1. The van der Waals surface area contributed by atoms with Gasteiger partial charge in [0.15, 0.2) is 0 Å². The van der Waals surface area contributed by atoms with Crippen LogP contribution in [-0.2, 0) is 16.1 Å². The lowest BCUT2D eigenvalue weighted by Gasteiger charge is -2.01. The molecule has 4 rings (SSSR count). The molecule has 4 heteroatoms. The lowest BCUT2D eigenvalue weighted by Crippen LogP contribution is -2.21. The summed E-state index contributed by atoms with van der Waals surface area (Å²) in [6, 6.07) is 17.2. The maximum atomic E-state index is 10.7. The average molecular weight is 352 g/mol. The van der Waals surface area contributed by atoms with E-state index in [2.05, 4.69) is 65.3 Å². The third-order valence-electron chi connectivity index (χ3n) is 4.82. The van der Waals surface area contributed by atoms with Crippen molar-refractivity contribution in [3.63, 3.8) is 0 Å². The Hall–Kier alpha value is -2.62. The van der Waals surface area contributed by atoms with Gasteiger partial charge in [-0.3, -0.25) is 14.9 Å². The van der Waals surface area contributed by atoms with Gasteiger partial charge in [-0.05, 0) is 19.1 Å². The quantitative estimate of drug-likeness (QED) is 0.642. The number of rotatable bonds is 1. The van der Waals surface area contributed by atoms with Crippen LogP contribution in [0.15, 0.2) is 48.5 Å². The number of aromatic nitrogens is 1. The Bertz CT molecular complexity index is 840. The Kier molecular flexibility index (Phi) is 6.56. The zero-order valence-corrected chi connectivity index (χ0v) is 16.2. The summed E-state index contributed by atoms with van der Waals surface area (Å²) in [6.07, 6.45) is 0. The standard InChI is InChI=1S/C14H13N.C6H9NO2.C2H6/c1-2-15-13-9-5-3-7-11(13)12-8-4-6-10-14(12)15;1-3-4(2)6(9)7-5(3)8;1-2/h3-10H,2H2,1H3;3-4H,1-2H3,(H,7,8,9);1-2H3. The van der Waals surface area contributed by atoms with Gasteiger partial charge in [-0.25, -0.2) is 0 Å². The molecule has 0 aliphatic carbocycles. The molecule has 0 bridgehead atoms. The molecule has 1 aliphatic heterocycles. The highest BCUT2D eigenvalue weighted by molar-refractivity contribution is 6.08. The van der Waals surface area contributed by atoms with Crippen LogP contribution in [0.25, 0.3) is 21.8 Å². The van der Waals surface area contributed by atoms with E-state index in [1.54, 1.807) is 13.8 Å². The predicted octanol–water partition coefficient (Wildman–Crippen LogP) is 4.76. The largest absolute Gasteiger partial charge is 0.341 e. The molecule has 2 amide bonds. The van der Waals surface area contributed by atoms with Crippen molar-refractivity contribution in [2.24, 2.45) is 11.8 Å². The monoisotopic (exact) mass is 352 g/mol. The molecule has 2 aromatic carbocycles. The van der Waals surface area contributed by atoms with Crippen LogP contribution in [0.5, 0.6) is 0 Å². The Balaban J connectivity index is 0.000000190. The zero-order chi connectivity index (χ0) is 19.3. The second-order valence-corrected chi connectivity index (χ2v) is 6.21. The van der Waals surface area contributed by atoms with Gasteiger partial charge in [0.25, 0.3) is 0 Å². The van der Waals surface area contributed by atoms with E-state index in [9.17, 15) is 9.59 Å². The third kappa shape index (κ3) is 3.64. The minimum atomic E-state index is -0.146. The lowest BCUT2D eigenvalue weighted by atomic mass is 10.00. The molecule has 3 aromatic rings. The summed E-state index contributed by atoms with van der Waals surface area (Å²) >= 11 is 0. The highest BCUT2D eigenvalue weighted by atomic mass is 16.2. The van der Waals surface area contributed by atoms with Crippen molar-refractivity contribution in [2.45, 2.75) is 41.2 Å². The number of nitrogens with one attached hydrogen (secondary N) is 1. The fourth-order valence-electron chi connectivity index (χ4n) is 3.15. The molecule has 1 aromatic heterocycles. The summed E-state index contributed by atoms with van der Waals surface area (Å²) in [5, 5.41) is 4.95. The maximum Gasteiger partial charge on any atom is 0.230 e. The fraction of sp³-hybridized carbons (Fsp3) is 0.364. The third-order valence-corrected chi connectivity index (χ3v) is 4.82. The van der Waals surface area contributed by atoms with Gasteiger partial charge >= 0.3 is 0 Å². The second-order valence-electron chi connectivity index (χ2n) is 6.21. The smallest absolute Gasteiger partial charge is 0.230 e. The molecule has 1 fully saturated rings. The molecule has 2 unspecified atom stereocenters. The Morgan fingerprint density at radius 3 is 1.50 bits per heavy atom. The van der Waals surface area contributed by atoms with Gasteiger partial charge in [0.1, 0.15) is 0 Å². The van der Waals surface area contributed by atoms with E-state index in [0.29, 0.717) is 0 Å². The Morgan fingerprint density at radius 1 is 0.808 bits per heavy atom.